The van der Waals surface area contributed by atoms with E-state index in [2.05, 4.69) is 19.2 Å². The predicted molar refractivity (Wildman–Crippen MR) is 95.4 cm³/mol. The van der Waals surface area contributed by atoms with Crippen LogP contribution in [0.1, 0.15) is 37.8 Å². The second-order valence-electron chi connectivity index (χ2n) is 5.94. The van der Waals surface area contributed by atoms with E-state index >= 15 is 0 Å². The molecule has 2 aromatic rings. The zero-order valence-corrected chi connectivity index (χ0v) is 14.6. The molecule has 2 rings (SSSR count). The van der Waals surface area contributed by atoms with Crippen molar-refractivity contribution in [2.45, 2.75) is 39.7 Å². The summed E-state index contributed by atoms with van der Waals surface area (Å²) in [5, 5.41) is 3.54. The van der Waals surface area contributed by atoms with Gasteiger partial charge in [-0.3, -0.25) is 4.79 Å². The summed E-state index contributed by atoms with van der Waals surface area (Å²) in [4.78, 5) is 12.2. The van der Waals surface area contributed by atoms with Gasteiger partial charge in [-0.25, -0.2) is 0 Å². The number of hydrogen-bond donors (Lipinski definition) is 1. The van der Waals surface area contributed by atoms with Crippen LogP contribution in [0, 0.1) is 6.92 Å². The normalized spacial score (nSPS) is 12.1. The highest BCUT2D eigenvalue weighted by molar-refractivity contribution is 6.31. The number of hydrogen-bond acceptors (Lipinski definition) is 2. The van der Waals surface area contributed by atoms with E-state index in [1.54, 1.807) is 19.1 Å². The Hall–Kier alpha value is -2.00. The molecule has 1 amide bonds. The molecule has 4 heteroatoms. The summed E-state index contributed by atoms with van der Waals surface area (Å²) >= 11 is 5.99. The van der Waals surface area contributed by atoms with Gasteiger partial charge in [0.25, 0.3) is 5.91 Å². The van der Waals surface area contributed by atoms with Crippen molar-refractivity contribution in [3.63, 3.8) is 0 Å². The zero-order valence-electron chi connectivity index (χ0n) is 13.9. The van der Waals surface area contributed by atoms with E-state index in [1.165, 1.54) is 5.56 Å². The summed E-state index contributed by atoms with van der Waals surface area (Å²) in [6, 6.07) is 13.2. The van der Waals surface area contributed by atoms with Gasteiger partial charge < -0.3 is 10.1 Å². The smallest absolute Gasteiger partial charge is 0.265 e. The van der Waals surface area contributed by atoms with E-state index in [4.69, 9.17) is 16.3 Å². The number of benzene rings is 2. The Kier molecular flexibility index (Phi) is 5.67. The molecular formula is C19H22ClNO2. The number of carbonyl (C=O) groups excluding carboxylic acids is 1. The molecule has 23 heavy (non-hydrogen) atoms. The van der Waals surface area contributed by atoms with Crippen LogP contribution in [0.2, 0.25) is 5.02 Å². The van der Waals surface area contributed by atoms with E-state index in [9.17, 15) is 4.79 Å². The van der Waals surface area contributed by atoms with E-state index < -0.39 is 6.10 Å². The standard InChI is InChI=1S/C19H22ClNO2/c1-12(2)15-5-7-16(8-6-15)21-19(22)14(4)23-17-9-10-18(20)13(3)11-17/h5-12,14H,1-4H3,(H,21,22)/t14-/m0/s1. The van der Waals surface area contributed by atoms with Crippen LogP contribution in [0.4, 0.5) is 5.69 Å². The van der Waals surface area contributed by atoms with E-state index in [1.807, 2.05) is 37.3 Å². The summed E-state index contributed by atoms with van der Waals surface area (Å²) in [5.74, 6) is 0.912. The molecule has 0 fully saturated rings. The Balaban J connectivity index is 1.97. The minimum atomic E-state index is -0.597. The van der Waals surface area contributed by atoms with Gasteiger partial charge in [-0.1, -0.05) is 37.6 Å². The van der Waals surface area contributed by atoms with Crippen molar-refractivity contribution in [2.75, 3.05) is 5.32 Å². The second-order valence-corrected chi connectivity index (χ2v) is 6.34. The highest BCUT2D eigenvalue weighted by atomic mass is 35.5. The largest absolute Gasteiger partial charge is 0.481 e. The molecule has 0 spiro atoms. The van der Waals surface area contributed by atoms with Gasteiger partial charge in [0.05, 0.1) is 0 Å². The molecule has 0 saturated heterocycles. The number of rotatable bonds is 5. The van der Waals surface area contributed by atoms with E-state index in [0.29, 0.717) is 16.7 Å². The lowest BCUT2D eigenvalue weighted by Crippen LogP contribution is -2.30. The average molecular weight is 332 g/mol. The molecule has 0 saturated carbocycles. The van der Waals surface area contributed by atoms with Crippen LogP contribution in [0.5, 0.6) is 5.75 Å². The van der Waals surface area contributed by atoms with Crippen molar-refractivity contribution in [1.29, 1.82) is 0 Å². The fourth-order valence-electron chi connectivity index (χ4n) is 2.14. The molecule has 0 radical (unpaired) electrons. The number of nitrogens with one attached hydrogen (secondary N) is 1. The van der Waals surface area contributed by atoms with Crippen molar-refractivity contribution in [3.8, 4) is 5.75 Å². The fraction of sp³-hybridized carbons (Fsp3) is 0.316. The van der Waals surface area contributed by atoms with Crippen molar-refractivity contribution in [1.82, 2.24) is 0 Å². The fourth-order valence-corrected chi connectivity index (χ4v) is 2.26. The quantitative estimate of drug-likeness (QED) is 0.820. The van der Waals surface area contributed by atoms with Gasteiger partial charge in [-0.2, -0.15) is 0 Å². The molecule has 0 aliphatic rings. The summed E-state index contributed by atoms with van der Waals surface area (Å²) in [6.07, 6.45) is -0.597. The molecule has 2 aromatic carbocycles. The van der Waals surface area contributed by atoms with Crippen LogP contribution in [0.25, 0.3) is 0 Å². The minimum Gasteiger partial charge on any atom is -0.481 e. The lowest BCUT2D eigenvalue weighted by molar-refractivity contribution is -0.122. The van der Waals surface area contributed by atoms with Crippen molar-refractivity contribution >= 4 is 23.2 Å². The van der Waals surface area contributed by atoms with Crippen LogP contribution in [-0.2, 0) is 4.79 Å². The van der Waals surface area contributed by atoms with Crippen molar-refractivity contribution in [2.24, 2.45) is 0 Å². The van der Waals surface area contributed by atoms with Crippen LogP contribution < -0.4 is 10.1 Å². The number of amides is 1. The first-order valence-electron chi connectivity index (χ1n) is 7.70. The van der Waals surface area contributed by atoms with E-state index in [0.717, 1.165) is 11.3 Å². The third-order valence-corrected chi connectivity index (χ3v) is 4.08. The first kappa shape index (κ1) is 17.4. The van der Waals surface area contributed by atoms with Gasteiger partial charge in [-0.05, 0) is 61.2 Å². The summed E-state index contributed by atoms with van der Waals surface area (Å²) in [5.41, 5.74) is 2.92. The molecular weight excluding hydrogens is 310 g/mol. The van der Waals surface area contributed by atoms with Crippen molar-refractivity contribution in [3.05, 3.63) is 58.6 Å². The highest BCUT2D eigenvalue weighted by Crippen LogP contribution is 2.22. The van der Waals surface area contributed by atoms with Crippen LogP contribution in [-0.4, -0.2) is 12.0 Å². The third kappa shape index (κ3) is 4.73. The van der Waals surface area contributed by atoms with Crippen LogP contribution in [0.15, 0.2) is 42.5 Å². The maximum atomic E-state index is 12.2. The average Bonchev–Trinajstić information content (AvgIpc) is 2.51. The Bertz CT molecular complexity index is 680. The number of halogens is 1. The summed E-state index contributed by atoms with van der Waals surface area (Å²) < 4.78 is 5.68. The minimum absolute atomic E-state index is 0.185. The number of anilines is 1. The molecule has 0 aromatic heterocycles. The second kappa shape index (κ2) is 7.51. The molecule has 0 unspecified atom stereocenters. The number of ether oxygens (including phenoxy) is 1. The lowest BCUT2D eigenvalue weighted by atomic mass is 10.0. The summed E-state index contributed by atoms with van der Waals surface area (Å²) in [6.45, 7) is 7.90. The van der Waals surface area contributed by atoms with E-state index in [-0.39, 0.29) is 5.91 Å². The maximum absolute atomic E-state index is 12.2. The lowest BCUT2D eigenvalue weighted by Gasteiger charge is -2.16. The molecule has 0 heterocycles. The molecule has 0 aliphatic heterocycles. The van der Waals surface area contributed by atoms with Gasteiger partial charge in [0.15, 0.2) is 6.10 Å². The zero-order chi connectivity index (χ0) is 17.0. The van der Waals surface area contributed by atoms with Crippen molar-refractivity contribution < 1.29 is 9.53 Å². The monoisotopic (exact) mass is 331 g/mol. The summed E-state index contributed by atoms with van der Waals surface area (Å²) in [7, 11) is 0. The third-order valence-electron chi connectivity index (χ3n) is 3.66. The Morgan fingerprint density at radius 3 is 2.30 bits per heavy atom. The number of aryl methyl sites for hydroxylation is 1. The Morgan fingerprint density at radius 1 is 1.09 bits per heavy atom. The maximum Gasteiger partial charge on any atom is 0.265 e. The highest BCUT2D eigenvalue weighted by Gasteiger charge is 2.15. The van der Waals surface area contributed by atoms with Crippen LogP contribution >= 0.6 is 11.6 Å². The van der Waals surface area contributed by atoms with Gasteiger partial charge >= 0.3 is 0 Å². The Morgan fingerprint density at radius 2 is 1.74 bits per heavy atom. The Labute approximate surface area is 142 Å². The first-order chi connectivity index (χ1) is 10.9. The SMILES string of the molecule is Cc1cc(O[C@@H](C)C(=O)Nc2ccc(C(C)C)cc2)ccc1Cl. The van der Waals surface area contributed by atoms with Gasteiger partial charge in [0.1, 0.15) is 5.75 Å². The molecule has 1 atom stereocenters. The number of carbonyl (C=O) groups is 1. The first-order valence-corrected chi connectivity index (χ1v) is 8.08. The van der Waals surface area contributed by atoms with Gasteiger partial charge in [0, 0.05) is 10.7 Å². The molecule has 1 N–H and O–H groups in total. The molecule has 0 aliphatic carbocycles. The predicted octanol–water partition coefficient (Wildman–Crippen LogP) is 5.18. The topological polar surface area (TPSA) is 38.3 Å². The molecule has 122 valence electrons. The van der Waals surface area contributed by atoms with Gasteiger partial charge in [0.2, 0.25) is 0 Å². The molecule has 3 nitrogen and oxygen atoms in total. The van der Waals surface area contributed by atoms with Gasteiger partial charge in [-0.15, -0.1) is 0 Å². The molecule has 0 bridgehead atoms. The van der Waals surface area contributed by atoms with Crippen LogP contribution in [0.3, 0.4) is 0 Å².